The van der Waals surface area contributed by atoms with Gasteiger partial charge in [0.05, 0.1) is 18.4 Å². The third kappa shape index (κ3) is 3.89. The monoisotopic (exact) mass is 383 g/mol. The van der Waals surface area contributed by atoms with Gasteiger partial charge in [-0.3, -0.25) is 4.79 Å². The van der Waals surface area contributed by atoms with Gasteiger partial charge in [0.2, 0.25) is 0 Å². The van der Waals surface area contributed by atoms with Crippen molar-refractivity contribution in [1.29, 1.82) is 0 Å². The third-order valence-corrected chi connectivity index (χ3v) is 4.62. The molecule has 0 saturated heterocycles. The summed E-state index contributed by atoms with van der Waals surface area (Å²) in [7, 11) is 1.61. The Morgan fingerprint density at radius 1 is 0.966 bits per heavy atom. The van der Waals surface area contributed by atoms with Crippen LogP contribution in [-0.2, 0) is 0 Å². The molecule has 29 heavy (non-hydrogen) atoms. The van der Waals surface area contributed by atoms with Crippen molar-refractivity contribution in [2.45, 2.75) is 6.92 Å². The molecule has 1 N–H and O–H groups in total. The van der Waals surface area contributed by atoms with Crippen molar-refractivity contribution in [2.24, 2.45) is 0 Å². The summed E-state index contributed by atoms with van der Waals surface area (Å²) in [5.74, 6) is 0.439. The fourth-order valence-electron chi connectivity index (χ4n) is 3.21. The SMILES string of the molecule is COc1ccccc1-c1nn(-c2ccccc2)cc1C(=O)Nc1cccc(C)c1. The first-order valence-corrected chi connectivity index (χ1v) is 9.32. The van der Waals surface area contributed by atoms with Crippen molar-refractivity contribution in [3.05, 3.63) is 96.2 Å². The molecule has 5 heteroatoms. The molecule has 0 spiro atoms. The fraction of sp³-hybridized carbons (Fsp3) is 0.0833. The molecule has 0 aliphatic heterocycles. The molecule has 0 aliphatic carbocycles. The maximum absolute atomic E-state index is 13.2. The van der Waals surface area contributed by atoms with E-state index in [2.05, 4.69) is 5.32 Å². The summed E-state index contributed by atoms with van der Waals surface area (Å²) in [6.07, 6.45) is 1.75. The summed E-state index contributed by atoms with van der Waals surface area (Å²) < 4.78 is 7.22. The molecule has 4 aromatic rings. The lowest BCUT2D eigenvalue weighted by molar-refractivity contribution is 0.102. The van der Waals surface area contributed by atoms with Crippen LogP contribution in [-0.4, -0.2) is 22.8 Å². The number of rotatable bonds is 5. The number of benzene rings is 3. The lowest BCUT2D eigenvalue weighted by atomic mass is 10.1. The summed E-state index contributed by atoms with van der Waals surface area (Å²) in [5.41, 5.74) is 4.50. The van der Waals surface area contributed by atoms with Crippen LogP contribution in [0.1, 0.15) is 15.9 Å². The number of anilines is 1. The second-order valence-electron chi connectivity index (χ2n) is 6.70. The van der Waals surface area contributed by atoms with E-state index >= 15 is 0 Å². The van der Waals surface area contributed by atoms with Gasteiger partial charge in [-0.05, 0) is 48.9 Å². The Kier molecular flexibility index (Phi) is 5.12. The topological polar surface area (TPSA) is 56.2 Å². The molecule has 4 rings (SSSR count). The highest BCUT2D eigenvalue weighted by atomic mass is 16.5. The minimum Gasteiger partial charge on any atom is -0.496 e. The Balaban J connectivity index is 1.81. The molecule has 144 valence electrons. The first-order valence-electron chi connectivity index (χ1n) is 9.32. The molecule has 5 nitrogen and oxygen atoms in total. The summed E-state index contributed by atoms with van der Waals surface area (Å²) >= 11 is 0. The lowest BCUT2D eigenvalue weighted by Crippen LogP contribution is -2.12. The van der Waals surface area contributed by atoms with E-state index in [1.165, 1.54) is 0 Å². The second-order valence-corrected chi connectivity index (χ2v) is 6.70. The molecule has 1 heterocycles. The van der Waals surface area contributed by atoms with Crippen molar-refractivity contribution in [3.63, 3.8) is 0 Å². The van der Waals surface area contributed by atoms with E-state index in [1.54, 1.807) is 18.0 Å². The van der Waals surface area contributed by atoms with Crippen LogP contribution >= 0.6 is 0 Å². The number of para-hydroxylation sites is 2. The number of carbonyl (C=O) groups excluding carboxylic acids is 1. The predicted molar refractivity (Wildman–Crippen MR) is 115 cm³/mol. The number of hydrogen-bond donors (Lipinski definition) is 1. The van der Waals surface area contributed by atoms with Crippen molar-refractivity contribution in [2.75, 3.05) is 12.4 Å². The van der Waals surface area contributed by atoms with Crippen LogP contribution in [0.25, 0.3) is 16.9 Å². The summed E-state index contributed by atoms with van der Waals surface area (Å²) in [6.45, 7) is 1.99. The molecule has 0 saturated carbocycles. The molecular formula is C24H21N3O2. The quantitative estimate of drug-likeness (QED) is 0.521. The minimum atomic E-state index is -0.223. The van der Waals surface area contributed by atoms with Crippen molar-refractivity contribution >= 4 is 11.6 Å². The average Bonchev–Trinajstić information content (AvgIpc) is 3.20. The number of hydrogen-bond acceptors (Lipinski definition) is 3. The van der Waals surface area contributed by atoms with E-state index < -0.39 is 0 Å². The van der Waals surface area contributed by atoms with E-state index in [4.69, 9.17) is 9.84 Å². The van der Waals surface area contributed by atoms with Gasteiger partial charge in [-0.2, -0.15) is 5.10 Å². The number of amides is 1. The van der Waals surface area contributed by atoms with Crippen molar-refractivity contribution in [1.82, 2.24) is 9.78 Å². The Labute approximate surface area is 169 Å². The molecular weight excluding hydrogens is 362 g/mol. The average molecular weight is 383 g/mol. The van der Waals surface area contributed by atoms with Gasteiger partial charge in [0, 0.05) is 17.4 Å². The maximum Gasteiger partial charge on any atom is 0.259 e. The molecule has 0 fully saturated rings. The van der Waals surface area contributed by atoms with E-state index in [0.717, 1.165) is 22.5 Å². The van der Waals surface area contributed by atoms with Crippen LogP contribution in [0.3, 0.4) is 0 Å². The van der Waals surface area contributed by atoms with Crippen LogP contribution in [0.4, 0.5) is 5.69 Å². The zero-order valence-electron chi connectivity index (χ0n) is 16.3. The van der Waals surface area contributed by atoms with Crippen molar-refractivity contribution < 1.29 is 9.53 Å². The molecule has 0 atom stereocenters. The third-order valence-electron chi connectivity index (χ3n) is 4.62. The number of aromatic nitrogens is 2. The number of aryl methyl sites for hydroxylation is 1. The normalized spacial score (nSPS) is 10.6. The number of nitrogens with one attached hydrogen (secondary N) is 1. The lowest BCUT2D eigenvalue weighted by Gasteiger charge is -2.09. The molecule has 0 bridgehead atoms. The van der Waals surface area contributed by atoms with Crippen molar-refractivity contribution in [3.8, 4) is 22.7 Å². The summed E-state index contributed by atoms with van der Waals surface area (Å²) in [4.78, 5) is 13.2. The first kappa shape index (κ1) is 18.5. The molecule has 1 amide bonds. The molecule has 0 radical (unpaired) electrons. The number of methoxy groups -OCH3 is 1. The molecule has 0 aliphatic rings. The zero-order valence-corrected chi connectivity index (χ0v) is 16.3. The Morgan fingerprint density at radius 3 is 2.48 bits per heavy atom. The Bertz CT molecular complexity index is 1150. The second kappa shape index (κ2) is 8.02. The fourth-order valence-corrected chi connectivity index (χ4v) is 3.21. The van der Waals surface area contributed by atoms with Crippen LogP contribution in [0, 0.1) is 6.92 Å². The highest BCUT2D eigenvalue weighted by Crippen LogP contribution is 2.32. The van der Waals surface area contributed by atoms with Gasteiger partial charge < -0.3 is 10.1 Å². The zero-order chi connectivity index (χ0) is 20.2. The van der Waals surface area contributed by atoms with Gasteiger partial charge in [0.25, 0.3) is 5.91 Å². The standard InChI is InChI=1S/C24H21N3O2/c1-17-9-8-10-18(15-17)25-24(28)21-16-27(19-11-4-3-5-12-19)26-23(21)20-13-6-7-14-22(20)29-2/h3-16H,1-2H3,(H,25,28). The van der Waals surface area contributed by atoms with E-state index in [0.29, 0.717) is 17.0 Å². The summed E-state index contributed by atoms with van der Waals surface area (Å²) in [6, 6.07) is 25.0. The Hall–Kier alpha value is -3.86. The first-order chi connectivity index (χ1) is 14.2. The van der Waals surface area contributed by atoms with Crippen LogP contribution in [0.5, 0.6) is 5.75 Å². The Morgan fingerprint density at radius 2 is 1.72 bits per heavy atom. The van der Waals surface area contributed by atoms with Gasteiger partial charge in [0.1, 0.15) is 11.4 Å². The summed E-state index contributed by atoms with van der Waals surface area (Å²) in [5, 5.41) is 7.69. The van der Waals surface area contributed by atoms with Gasteiger partial charge in [-0.25, -0.2) is 4.68 Å². The van der Waals surface area contributed by atoms with Gasteiger partial charge in [0.15, 0.2) is 0 Å². The number of ether oxygens (including phenoxy) is 1. The van der Waals surface area contributed by atoms with E-state index in [-0.39, 0.29) is 5.91 Å². The van der Waals surface area contributed by atoms with Gasteiger partial charge >= 0.3 is 0 Å². The van der Waals surface area contributed by atoms with E-state index in [1.807, 2.05) is 85.8 Å². The van der Waals surface area contributed by atoms with Crippen LogP contribution < -0.4 is 10.1 Å². The predicted octanol–water partition coefficient (Wildman–Crippen LogP) is 5.11. The van der Waals surface area contributed by atoms with Gasteiger partial charge in [-0.15, -0.1) is 0 Å². The number of nitrogens with zero attached hydrogens (tertiary/aromatic N) is 2. The van der Waals surface area contributed by atoms with Crippen LogP contribution in [0.15, 0.2) is 85.1 Å². The molecule has 1 aromatic heterocycles. The smallest absolute Gasteiger partial charge is 0.259 e. The molecule has 0 unspecified atom stereocenters. The number of carbonyl (C=O) groups is 1. The highest BCUT2D eigenvalue weighted by Gasteiger charge is 2.21. The van der Waals surface area contributed by atoms with Gasteiger partial charge in [-0.1, -0.05) is 42.5 Å². The van der Waals surface area contributed by atoms with E-state index in [9.17, 15) is 4.79 Å². The largest absolute Gasteiger partial charge is 0.496 e. The van der Waals surface area contributed by atoms with Crippen LogP contribution in [0.2, 0.25) is 0 Å². The maximum atomic E-state index is 13.2. The molecule has 3 aromatic carbocycles. The highest BCUT2D eigenvalue weighted by molar-refractivity contribution is 6.08. The minimum absolute atomic E-state index is 0.223.